The number of rotatable bonds is 1. The van der Waals surface area contributed by atoms with Gasteiger partial charge in [0.1, 0.15) is 0 Å². The fraction of sp³-hybridized carbons (Fsp3) is 0. The van der Waals surface area contributed by atoms with Gasteiger partial charge in [0.2, 0.25) is 0 Å². The summed E-state index contributed by atoms with van der Waals surface area (Å²) in [5.41, 5.74) is 0. The zero-order valence-corrected chi connectivity index (χ0v) is 11.7. The molecule has 0 rings (SSSR count). The van der Waals surface area contributed by atoms with E-state index < -0.39 is 5.78 Å². The Balaban J connectivity index is -0.0000000267. The van der Waals surface area contributed by atoms with Gasteiger partial charge in [-0.2, -0.15) is 0 Å². The van der Waals surface area contributed by atoms with E-state index in [1.807, 2.05) is 0 Å². The first-order valence-electron chi connectivity index (χ1n) is 1.15. The monoisotopic (exact) mass is 458 g/mol. The van der Waals surface area contributed by atoms with Gasteiger partial charge in [-0.15, -0.1) is 0 Å². The number of allylic oxidation sites excluding steroid dienone is 1. The molecule has 0 amide bonds. The van der Waals surface area contributed by atoms with Crippen molar-refractivity contribution in [3.05, 3.63) is 19.6 Å². The van der Waals surface area contributed by atoms with Crippen molar-refractivity contribution < 1.29 is 21.9 Å². The third kappa shape index (κ3) is 25.4. The van der Waals surface area contributed by atoms with E-state index in [2.05, 4.69) is 6.58 Å². The van der Waals surface area contributed by atoms with Crippen molar-refractivity contribution in [2.75, 3.05) is 0 Å². The van der Waals surface area contributed by atoms with E-state index in [1.54, 1.807) is 0 Å². The second-order valence-corrected chi connectivity index (χ2v) is 0.568. The summed E-state index contributed by atoms with van der Waals surface area (Å²) in [5, 5.41) is 0. The second kappa shape index (κ2) is 15.9. The van der Waals surface area contributed by atoms with Gasteiger partial charge >= 0.3 is 0 Å². The molecule has 0 saturated heterocycles. The van der Waals surface area contributed by atoms with Crippen molar-refractivity contribution >= 4 is 57.0 Å². The molecule has 0 atom stereocenters. The van der Waals surface area contributed by atoms with Crippen molar-refractivity contribution in [3.8, 4) is 0 Å². The number of carbonyl (C=O) groups is 1. The Hall–Kier alpha value is 1.65. The molecule has 0 N–H and O–H groups in total. The number of hydrogen-bond donors (Lipinski definition) is 0. The van der Waals surface area contributed by atoms with Crippen LogP contribution in [0, 0.1) is 6.92 Å². The van der Waals surface area contributed by atoms with Crippen molar-refractivity contribution in [1.29, 1.82) is 0 Å². The molecule has 8 heavy (non-hydrogen) atoms. The molecule has 0 unspecified atom stereocenters. The SMILES string of the molecule is [C]C(=O)C=C.[Cu].[Pb].[Sn]. The summed E-state index contributed by atoms with van der Waals surface area (Å²) in [6, 6.07) is 0. The molecule has 0 heterocycles. The first kappa shape index (κ1) is 22.6. The molecule has 0 aromatic rings. The summed E-state index contributed by atoms with van der Waals surface area (Å²) in [4.78, 5) is 9.36. The van der Waals surface area contributed by atoms with Crippen LogP contribution >= 0.6 is 0 Å². The molecule has 0 spiro atoms. The van der Waals surface area contributed by atoms with Crippen LogP contribution in [0.15, 0.2) is 12.7 Å². The van der Waals surface area contributed by atoms with Gasteiger partial charge < -0.3 is 0 Å². The molecular formula is C4H3CuOPbSn. The van der Waals surface area contributed by atoms with Crippen molar-refractivity contribution in [2.24, 2.45) is 0 Å². The summed E-state index contributed by atoms with van der Waals surface area (Å²) in [5.74, 6) is -0.731. The van der Waals surface area contributed by atoms with Gasteiger partial charge in [-0.25, -0.2) is 0 Å². The third-order valence-corrected chi connectivity index (χ3v) is 0.185. The Kier molecular flexibility index (Phi) is 44.8. The number of ketones is 1. The van der Waals surface area contributed by atoms with E-state index in [9.17, 15) is 4.79 Å². The summed E-state index contributed by atoms with van der Waals surface area (Å²) in [6.45, 7) is 9.09. The molecule has 44 valence electrons. The molecule has 0 bridgehead atoms. The number of hydrogen-bond acceptors (Lipinski definition) is 1. The second-order valence-electron chi connectivity index (χ2n) is 0.568. The van der Waals surface area contributed by atoms with E-state index in [0.717, 1.165) is 6.08 Å². The van der Waals surface area contributed by atoms with Crippen LogP contribution in [0.25, 0.3) is 0 Å². The van der Waals surface area contributed by atoms with E-state index in [0.29, 0.717) is 0 Å². The van der Waals surface area contributed by atoms with Crippen LogP contribution in [0.1, 0.15) is 0 Å². The van der Waals surface area contributed by atoms with Gasteiger partial charge in [-0.1, -0.05) is 6.58 Å². The normalized spacial score (nSPS) is 4.12. The van der Waals surface area contributed by atoms with E-state index in [4.69, 9.17) is 6.92 Å². The molecule has 0 aromatic heterocycles. The molecule has 0 fully saturated rings. The quantitative estimate of drug-likeness (QED) is 0.387. The molecule has 0 aromatic carbocycles. The minimum atomic E-state index is -0.731. The fourth-order valence-electron chi connectivity index (χ4n) is 0. The maximum absolute atomic E-state index is 9.36. The molecule has 0 aliphatic carbocycles. The molecule has 0 aliphatic rings. The van der Waals surface area contributed by atoms with Gasteiger partial charge in [-0.05, 0) is 6.08 Å². The smallest absolute Gasteiger partial charge is 0.164 e. The Morgan fingerprint density at radius 3 is 1.75 bits per heavy atom. The molecule has 1 nitrogen and oxygen atoms in total. The fourth-order valence-corrected chi connectivity index (χ4v) is 0. The minimum absolute atomic E-state index is 0. The van der Waals surface area contributed by atoms with E-state index >= 15 is 0 Å². The first-order chi connectivity index (χ1) is 2.27. The number of carbonyl (C=O) groups excluding carboxylic acids is 1. The van der Waals surface area contributed by atoms with E-state index in [1.165, 1.54) is 0 Å². The zero-order valence-electron chi connectivity index (χ0n) is 3.99. The molecule has 0 aliphatic heterocycles. The van der Waals surface area contributed by atoms with Gasteiger partial charge in [0, 0.05) is 68.3 Å². The molecule has 0 saturated carbocycles. The van der Waals surface area contributed by atoms with E-state index in [-0.39, 0.29) is 68.3 Å². The Bertz CT molecular complexity index is 67.1. The van der Waals surface area contributed by atoms with Crippen molar-refractivity contribution in [2.45, 2.75) is 0 Å². The van der Waals surface area contributed by atoms with Crippen LogP contribution in [0.2, 0.25) is 0 Å². The van der Waals surface area contributed by atoms with Gasteiger partial charge in [0.05, 0.1) is 6.92 Å². The standard InChI is InChI=1S/C4H3O.Cu.Pb.Sn/c1-3-4(2)5;;;/h3H,1H2;;;. The molecule has 4 heteroatoms. The summed E-state index contributed by atoms with van der Waals surface area (Å²) < 4.78 is 0. The maximum Gasteiger partial charge on any atom is 0.164 e. The van der Waals surface area contributed by atoms with Crippen molar-refractivity contribution in [3.63, 3.8) is 0 Å². The Morgan fingerprint density at radius 1 is 1.62 bits per heavy atom. The molecule has 12 radical (unpaired) electrons. The van der Waals surface area contributed by atoms with Gasteiger partial charge in [0.25, 0.3) is 0 Å². The van der Waals surface area contributed by atoms with Crippen LogP contribution in [0.3, 0.4) is 0 Å². The average Bonchev–Trinajstić information content (AvgIpc) is 1.38. The largest absolute Gasteiger partial charge is 0.294 e. The minimum Gasteiger partial charge on any atom is -0.294 e. The third-order valence-electron chi connectivity index (χ3n) is 0.185. The van der Waals surface area contributed by atoms with Crippen LogP contribution in [-0.4, -0.2) is 57.0 Å². The topological polar surface area (TPSA) is 17.1 Å². The zero-order chi connectivity index (χ0) is 4.28. The summed E-state index contributed by atoms with van der Waals surface area (Å²) >= 11 is 0. The average molecular weight is 457 g/mol. The summed E-state index contributed by atoms with van der Waals surface area (Å²) in [7, 11) is 0. The van der Waals surface area contributed by atoms with Crippen LogP contribution < -0.4 is 0 Å². The van der Waals surface area contributed by atoms with Crippen LogP contribution in [-0.2, 0) is 21.9 Å². The predicted octanol–water partition coefficient (Wildman–Crippen LogP) is -0.435. The Morgan fingerprint density at radius 2 is 1.75 bits per heavy atom. The van der Waals surface area contributed by atoms with Crippen LogP contribution in [0.4, 0.5) is 0 Å². The molecular weight excluding hydrogens is 454 g/mol. The van der Waals surface area contributed by atoms with Crippen LogP contribution in [0.5, 0.6) is 0 Å². The predicted molar refractivity (Wildman–Crippen MR) is 30.0 cm³/mol. The van der Waals surface area contributed by atoms with Crippen molar-refractivity contribution in [1.82, 2.24) is 0 Å². The van der Waals surface area contributed by atoms with Gasteiger partial charge in [-0.3, -0.25) is 4.79 Å². The Labute approximate surface area is 97.3 Å². The van der Waals surface area contributed by atoms with Gasteiger partial charge in [0.15, 0.2) is 5.78 Å². The maximum atomic E-state index is 9.36. The summed E-state index contributed by atoms with van der Waals surface area (Å²) in [6.07, 6.45) is 0.944. The first-order valence-corrected chi connectivity index (χ1v) is 1.15.